The number of hydrogen-bond acceptors (Lipinski definition) is 4. The topological polar surface area (TPSA) is 35.5 Å². The van der Waals surface area contributed by atoms with Crippen LogP contribution in [-0.4, -0.2) is 20.0 Å². The van der Waals surface area contributed by atoms with E-state index in [0.717, 1.165) is 10.5 Å². The van der Waals surface area contributed by atoms with Gasteiger partial charge in [0.1, 0.15) is 5.82 Å². The van der Waals surface area contributed by atoms with Crippen LogP contribution in [0.3, 0.4) is 0 Å². The SMILES string of the molecule is COc1ccc(S[C@H](CC(=O)c2ccc(F)cc2)c2ccccc2)cc1OC. The molecule has 0 saturated heterocycles. The Balaban J connectivity index is 1.85. The van der Waals surface area contributed by atoms with E-state index in [4.69, 9.17) is 9.47 Å². The van der Waals surface area contributed by atoms with Gasteiger partial charge in [-0.2, -0.15) is 0 Å². The molecule has 0 N–H and O–H groups in total. The average Bonchev–Trinajstić information content (AvgIpc) is 2.74. The molecule has 1 atom stereocenters. The second-order valence-electron chi connectivity index (χ2n) is 6.17. The Hall–Kier alpha value is -2.79. The zero-order chi connectivity index (χ0) is 19.9. The van der Waals surface area contributed by atoms with Crippen molar-refractivity contribution in [3.05, 3.63) is 89.7 Å². The van der Waals surface area contributed by atoms with Crippen LogP contribution in [0.1, 0.15) is 27.6 Å². The maximum absolute atomic E-state index is 13.2. The van der Waals surface area contributed by atoms with E-state index in [1.54, 1.807) is 26.0 Å². The fraction of sp³-hybridized carbons (Fsp3) is 0.174. The number of rotatable bonds is 8. The summed E-state index contributed by atoms with van der Waals surface area (Å²) in [5, 5.41) is -0.0862. The first-order valence-electron chi connectivity index (χ1n) is 8.83. The third-order valence-corrected chi connectivity index (χ3v) is 5.59. The molecule has 3 aromatic rings. The third-order valence-electron chi connectivity index (χ3n) is 4.34. The maximum Gasteiger partial charge on any atom is 0.164 e. The van der Waals surface area contributed by atoms with Gasteiger partial charge in [0, 0.05) is 22.1 Å². The normalized spacial score (nSPS) is 11.7. The van der Waals surface area contributed by atoms with Crippen LogP contribution in [0, 0.1) is 5.82 Å². The number of carbonyl (C=O) groups is 1. The summed E-state index contributed by atoms with van der Waals surface area (Å²) in [5.41, 5.74) is 1.56. The number of thioether (sulfide) groups is 1. The predicted octanol–water partition coefficient (Wildman–Crippen LogP) is 5.95. The van der Waals surface area contributed by atoms with Crippen LogP contribution in [0.25, 0.3) is 0 Å². The highest BCUT2D eigenvalue weighted by Gasteiger charge is 2.19. The van der Waals surface area contributed by atoms with Crippen molar-refractivity contribution in [2.45, 2.75) is 16.6 Å². The van der Waals surface area contributed by atoms with E-state index in [9.17, 15) is 9.18 Å². The number of carbonyl (C=O) groups excluding carboxylic acids is 1. The van der Waals surface area contributed by atoms with Gasteiger partial charge in [0.2, 0.25) is 0 Å². The van der Waals surface area contributed by atoms with Crippen molar-refractivity contribution in [3.63, 3.8) is 0 Å². The first kappa shape index (κ1) is 20.0. The molecule has 0 aromatic heterocycles. The van der Waals surface area contributed by atoms with Gasteiger partial charge in [-0.1, -0.05) is 30.3 Å². The Morgan fingerprint density at radius 2 is 1.61 bits per heavy atom. The molecule has 5 heteroatoms. The van der Waals surface area contributed by atoms with E-state index in [1.165, 1.54) is 24.3 Å². The lowest BCUT2D eigenvalue weighted by Gasteiger charge is -2.18. The van der Waals surface area contributed by atoms with Gasteiger partial charge in [0.05, 0.1) is 14.2 Å². The van der Waals surface area contributed by atoms with Crippen molar-refractivity contribution in [1.82, 2.24) is 0 Å². The molecule has 0 radical (unpaired) electrons. The number of ether oxygens (including phenoxy) is 2. The molecular formula is C23H21FO3S. The molecule has 3 rings (SSSR count). The van der Waals surface area contributed by atoms with Gasteiger partial charge < -0.3 is 9.47 Å². The summed E-state index contributed by atoms with van der Waals surface area (Å²) in [6.07, 6.45) is 0.300. The van der Waals surface area contributed by atoms with Crippen molar-refractivity contribution >= 4 is 17.5 Å². The number of halogens is 1. The van der Waals surface area contributed by atoms with Crippen LogP contribution in [0.2, 0.25) is 0 Å². The number of Topliss-reactive ketones (excluding diaryl/α,β-unsaturated/α-hetero) is 1. The Morgan fingerprint density at radius 1 is 0.929 bits per heavy atom. The highest BCUT2D eigenvalue weighted by Crippen LogP contribution is 2.41. The van der Waals surface area contributed by atoms with E-state index < -0.39 is 0 Å². The summed E-state index contributed by atoms with van der Waals surface area (Å²) in [6.45, 7) is 0. The highest BCUT2D eigenvalue weighted by molar-refractivity contribution is 7.99. The summed E-state index contributed by atoms with van der Waals surface area (Å²) in [4.78, 5) is 13.7. The van der Waals surface area contributed by atoms with Gasteiger partial charge in [-0.3, -0.25) is 4.79 Å². The molecule has 0 saturated carbocycles. The summed E-state index contributed by atoms with van der Waals surface area (Å²) < 4.78 is 23.8. The van der Waals surface area contributed by atoms with E-state index in [-0.39, 0.29) is 16.9 Å². The molecule has 0 heterocycles. The minimum absolute atomic E-state index is 0.0261. The van der Waals surface area contributed by atoms with Crippen molar-refractivity contribution in [2.75, 3.05) is 14.2 Å². The maximum atomic E-state index is 13.2. The monoisotopic (exact) mass is 396 g/mol. The minimum atomic E-state index is -0.351. The van der Waals surface area contributed by atoms with Crippen LogP contribution >= 0.6 is 11.8 Å². The molecule has 28 heavy (non-hydrogen) atoms. The lowest BCUT2D eigenvalue weighted by atomic mass is 10.0. The predicted molar refractivity (Wildman–Crippen MR) is 110 cm³/mol. The van der Waals surface area contributed by atoms with Crippen LogP contribution in [0.5, 0.6) is 11.5 Å². The first-order valence-corrected chi connectivity index (χ1v) is 9.71. The number of ketones is 1. The van der Waals surface area contributed by atoms with Crippen LogP contribution in [-0.2, 0) is 0 Å². The largest absolute Gasteiger partial charge is 0.493 e. The number of benzene rings is 3. The van der Waals surface area contributed by atoms with E-state index in [0.29, 0.717) is 23.5 Å². The molecule has 3 aromatic carbocycles. The van der Waals surface area contributed by atoms with Gasteiger partial charge in [-0.05, 0) is 48.0 Å². The van der Waals surface area contributed by atoms with Crippen LogP contribution < -0.4 is 9.47 Å². The van der Waals surface area contributed by atoms with E-state index in [2.05, 4.69) is 0 Å². The quantitative estimate of drug-likeness (QED) is 0.348. The Morgan fingerprint density at radius 3 is 2.25 bits per heavy atom. The van der Waals surface area contributed by atoms with Crippen molar-refractivity contribution < 1.29 is 18.7 Å². The lowest BCUT2D eigenvalue weighted by molar-refractivity contribution is 0.0982. The molecule has 0 aliphatic rings. The lowest BCUT2D eigenvalue weighted by Crippen LogP contribution is -2.05. The molecule has 0 aliphatic carbocycles. The number of hydrogen-bond donors (Lipinski definition) is 0. The molecule has 144 valence electrons. The van der Waals surface area contributed by atoms with Crippen LogP contribution in [0.4, 0.5) is 4.39 Å². The van der Waals surface area contributed by atoms with Crippen molar-refractivity contribution in [2.24, 2.45) is 0 Å². The van der Waals surface area contributed by atoms with E-state index >= 15 is 0 Å². The van der Waals surface area contributed by atoms with E-state index in [1.807, 2.05) is 48.5 Å². The summed E-state index contributed by atoms with van der Waals surface area (Å²) in [7, 11) is 3.19. The van der Waals surface area contributed by atoms with Crippen LogP contribution in [0.15, 0.2) is 77.7 Å². The van der Waals surface area contributed by atoms with Crippen molar-refractivity contribution in [1.29, 1.82) is 0 Å². The van der Waals surface area contributed by atoms with Gasteiger partial charge in [-0.25, -0.2) is 4.39 Å². The second-order valence-corrected chi connectivity index (χ2v) is 7.44. The van der Waals surface area contributed by atoms with Gasteiger partial charge >= 0.3 is 0 Å². The molecule has 0 aliphatic heterocycles. The van der Waals surface area contributed by atoms with Gasteiger partial charge in [0.15, 0.2) is 17.3 Å². The molecule has 0 amide bonds. The molecule has 0 fully saturated rings. The number of methoxy groups -OCH3 is 2. The molecule has 0 unspecified atom stereocenters. The molecule has 0 bridgehead atoms. The Labute approximate surface area is 168 Å². The zero-order valence-electron chi connectivity index (χ0n) is 15.7. The molecular weight excluding hydrogens is 375 g/mol. The first-order chi connectivity index (χ1) is 13.6. The molecule has 3 nitrogen and oxygen atoms in total. The highest BCUT2D eigenvalue weighted by atomic mass is 32.2. The zero-order valence-corrected chi connectivity index (χ0v) is 16.5. The standard InChI is InChI=1S/C23H21FO3S/c1-26-21-13-12-19(14-22(21)27-2)28-23(17-6-4-3-5-7-17)15-20(25)16-8-10-18(24)11-9-16/h3-14,23H,15H2,1-2H3/t23-/m1/s1. The molecule has 0 spiro atoms. The minimum Gasteiger partial charge on any atom is -0.493 e. The summed E-state index contributed by atoms with van der Waals surface area (Å²) in [5.74, 6) is 0.923. The second kappa shape index (κ2) is 9.42. The van der Waals surface area contributed by atoms with Crippen molar-refractivity contribution in [3.8, 4) is 11.5 Å². The summed E-state index contributed by atoms with van der Waals surface area (Å²) >= 11 is 1.59. The Kier molecular flexibility index (Phi) is 6.71. The fourth-order valence-electron chi connectivity index (χ4n) is 2.87. The smallest absolute Gasteiger partial charge is 0.164 e. The van der Waals surface area contributed by atoms with Gasteiger partial charge in [-0.15, -0.1) is 11.8 Å². The van der Waals surface area contributed by atoms with Gasteiger partial charge in [0.25, 0.3) is 0 Å². The summed E-state index contributed by atoms with van der Waals surface area (Å²) in [6, 6.07) is 21.3. The Bertz CT molecular complexity index is 926. The average molecular weight is 396 g/mol. The fourth-order valence-corrected chi connectivity index (χ4v) is 4.05. The third kappa shape index (κ3) is 4.93.